The van der Waals surface area contributed by atoms with Crippen molar-refractivity contribution in [3.8, 4) is 22.6 Å². The maximum absolute atomic E-state index is 11.7. The largest absolute Gasteiger partial charge is 0.490 e. The highest BCUT2D eigenvalue weighted by molar-refractivity contribution is 5.78. The van der Waals surface area contributed by atoms with Crippen LogP contribution in [0.4, 0.5) is 0 Å². The van der Waals surface area contributed by atoms with Gasteiger partial charge in [-0.25, -0.2) is 4.79 Å². The molecule has 1 aliphatic carbocycles. The van der Waals surface area contributed by atoms with E-state index in [2.05, 4.69) is 49.4 Å². The molecule has 164 valence electrons. The summed E-state index contributed by atoms with van der Waals surface area (Å²) in [5.74, 6) is 0.399. The Morgan fingerprint density at radius 3 is 2.09 bits per heavy atom. The Balaban J connectivity index is 1.33. The fourth-order valence-corrected chi connectivity index (χ4v) is 4.07. The van der Waals surface area contributed by atoms with Gasteiger partial charge in [0, 0.05) is 0 Å². The van der Waals surface area contributed by atoms with Gasteiger partial charge in [-0.1, -0.05) is 54.6 Å². The molecule has 4 nitrogen and oxygen atoms in total. The third-order valence-corrected chi connectivity index (χ3v) is 6.02. The minimum atomic E-state index is -1.09. The SMILES string of the molecule is C/C(=C\COc1ccc(OC2(C(=O)O)CCCC2)cc1)c1ccc(-c2ccccc2)cc1. The van der Waals surface area contributed by atoms with Gasteiger partial charge in [-0.2, -0.15) is 0 Å². The Morgan fingerprint density at radius 2 is 1.47 bits per heavy atom. The number of hydrogen-bond acceptors (Lipinski definition) is 3. The Labute approximate surface area is 189 Å². The Kier molecular flexibility index (Phi) is 6.60. The number of aliphatic carboxylic acids is 1. The molecule has 1 saturated carbocycles. The first kappa shape index (κ1) is 21.7. The summed E-state index contributed by atoms with van der Waals surface area (Å²) in [6.07, 6.45) is 4.93. The summed E-state index contributed by atoms with van der Waals surface area (Å²) < 4.78 is 11.7. The Bertz CT molecular complexity index is 1060. The maximum atomic E-state index is 11.7. The van der Waals surface area contributed by atoms with Crippen LogP contribution in [0.5, 0.6) is 11.5 Å². The van der Waals surface area contributed by atoms with Crippen molar-refractivity contribution in [3.63, 3.8) is 0 Å². The molecule has 0 aromatic heterocycles. The molecule has 0 aliphatic heterocycles. The molecule has 0 saturated heterocycles. The van der Waals surface area contributed by atoms with Gasteiger partial charge in [0.15, 0.2) is 0 Å². The normalized spacial score (nSPS) is 15.3. The molecule has 32 heavy (non-hydrogen) atoms. The van der Waals surface area contributed by atoms with Gasteiger partial charge in [0.1, 0.15) is 18.1 Å². The molecule has 0 amide bonds. The molecule has 3 aromatic rings. The van der Waals surface area contributed by atoms with E-state index in [1.54, 1.807) is 12.1 Å². The summed E-state index contributed by atoms with van der Waals surface area (Å²) in [6.45, 7) is 2.52. The van der Waals surface area contributed by atoms with Crippen molar-refractivity contribution >= 4 is 11.5 Å². The molecule has 0 spiro atoms. The van der Waals surface area contributed by atoms with Crippen LogP contribution >= 0.6 is 0 Å². The lowest BCUT2D eigenvalue weighted by Crippen LogP contribution is -2.41. The fraction of sp³-hybridized carbons (Fsp3) is 0.250. The fourth-order valence-electron chi connectivity index (χ4n) is 4.07. The first-order chi connectivity index (χ1) is 15.6. The third kappa shape index (κ3) is 5.02. The van der Waals surface area contributed by atoms with E-state index in [1.165, 1.54) is 11.1 Å². The van der Waals surface area contributed by atoms with Crippen molar-refractivity contribution in [2.45, 2.75) is 38.2 Å². The molecular weight excluding hydrogens is 400 g/mol. The van der Waals surface area contributed by atoms with E-state index in [9.17, 15) is 9.90 Å². The van der Waals surface area contributed by atoms with Gasteiger partial charge >= 0.3 is 5.97 Å². The highest BCUT2D eigenvalue weighted by Gasteiger charge is 2.43. The van der Waals surface area contributed by atoms with Crippen LogP contribution < -0.4 is 9.47 Å². The van der Waals surface area contributed by atoms with Crippen LogP contribution in [0.25, 0.3) is 16.7 Å². The summed E-state index contributed by atoms with van der Waals surface area (Å²) in [6, 6.07) is 26.0. The lowest BCUT2D eigenvalue weighted by atomic mass is 10.0. The number of carboxylic acid groups (broad SMARTS) is 1. The van der Waals surface area contributed by atoms with Crippen LogP contribution in [-0.4, -0.2) is 23.3 Å². The number of rotatable bonds is 8. The molecule has 0 atom stereocenters. The second-order valence-electron chi connectivity index (χ2n) is 8.22. The second kappa shape index (κ2) is 9.73. The zero-order valence-corrected chi connectivity index (χ0v) is 18.3. The lowest BCUT2D eigenvalue weighted by Gasteiger charge is -2.25. The second-order valence-corrected chi connectivity index (χ2v) is 8.22. The molecular formula is C28H28O4. The molecule has 0 heterocycles. The van der Waals surface area contributed by atoms with Gasteiger partial charge in [-0.3, -0.25) is 0 Å². The van der Waals surface area contributed by atoms with E-state index in [0.717, 1.165) is 29.7 Å². The van der Waals surface area contributed by atoms with E-state index in [1.807, 2.05) is 30.3 Å². The zero-order chi connectivity index (χ0) is 22.4. The van der Waals surface area contributed by atoms with Crippen LogP contribution in [0.1, 0.15) is 38.2 Å². The number of carboxylic acids is 1. The van der Waals surface area contributed by atoms with Crippen LogP contribution in [0, 0.1) is 0 Å². The summed E-state index contributed by atoms with van der Waals surface area (Å²) in [5, 5.41) is 9.56. The van der Waals surface area contributed by atoms with E-state index >= 15 is 0 Å². The number of hydrogen-bond donors (Lipinski definition) is 1. The van der Waals surface area contributed by atoms with Crippen LogP contribution in [0.15, 0.2) is 84.9 Å². The number of ether oxygens (including phenoxy) is 2. The quantitative estimate of drug-likeness (QED) is 0.438. The minimum Gasteiger partial charge on any atom is -0.490 e. The zero-order valence-electron chi connectivity index (χ0n) is 18.3. The minimum absolute atomic E-state index is 0.450. The van der Waals surface area contributed by atoms with Crippen molar-refractivity contribution in [2.75, 3.05) is 6.61 Å². The van der Waals surface area contributed by atoms with Crippen molar-refractivity contribution in [1.82, 2.24) is 0 Å². The summed E-state index contributed by atoms with van der Waals surface area (Å²) in [5.41, 5.74) is 3.63. The summed E-state index contributed by atoms with van der Waals surface area (Å²) in [4.78, 5) is 11.7. The van der Waals surface area contributed by atoms with Crippen molar-refractivity contribution < 1.29 is 19.4 Å². The van der Waals surface area contributed by atoms with E-state index < -0.39 is 11.6 Å². The monoisotopic (exact) mass is 428 g/mol. The van der Waals surface area contributed by atoms with Crippen molar-refractivity contribution in [3.05, 3.63) is 90.5 Å². The predicted molar refractivity (Wildman–Crippen MR) is 127 cm³/mol. The smallest absolute Gasteiger partial charge is 0.348 e. The molecule has 4 rings (SSSR count). The van der Waals surface area contributed by atoms with Gasteiger partial charge < -0.3 is 14.6 Å². The molecule has 1 N–H and O–H groups in total. The molecule has 4 heteroatoms. The lowest BCUT2D eigenvalue weighted by molar-refractivity contribution is -0.154. The Hall–Kier alpha value is -3.53. The number of benzene rings is 3. The molecule has 0 bridgehead atoms. The average Bonchev–Trinajstić information content (AvgIpc) is 3.31. The first-order valence-corrected chi connectivity index (χ1v) is 11.0. The van der Waals surface area contributed by atoms with Gasteiger partial charge in [-0.05, 0) is 85.2 Å². The highest BCUT2D eigenvalue weighted by Crippen LogP contribution is 2.35. The van der Waals surface area contributed by atoms with Crippen LogP contribution in [-0.2, 0) is 4.79 Å². The third-order valence-electron chi connectivity index (χ3n) is 6.02. The van der Waals surface area contributed by atoms with Crippen molar-refractivity contribution in [2.24, 2.45) is 0 Å². The number of carbonyl (C=O) groups is 1. The predicted octanol–water partition coefficient (Wildman–Crippen LogP) is 6.61. The first-order valence-electron chi connectivity index (χ1n) is 11.0. The van der Waals surface area contributed by atoms with Gasteiger partial charge in [0.25, 0.3) is 0 Å². The highest BCUT2D eigenvalue weighted by atomic mass is 16.5. The van der Waals surface area contributed by atoms with Gasteiger partial charge in [0.05, 0.1) is 0 Å². The van der Waals surface area contributed by atoms with Gasteiger partial charge in [0.2, 0.25) is 5.60 Å². The molecule has 1 aliphatic rings. The van der Waals surface area contributed by atoms with Gasteiger partial charge in [-0.15, -0.1) is 0 Å². The summed E-state index contributed by atoms with van der Waals surface area (Å²) >= 11 is 0. The molecule has 0 radical (unpaired) electrons. The molecule has 3 aromatic carbocycles. The summed E-state index contributed by atoms with van der Waals surface area (Å²) in [7, 11) is 0. The van der Waals surface area contributed by atoms with Crippen molar-refractivity contribution in [1.29, 1.82) is 0 Å². The maximum Gasteiger partial charge on any atom is 0.348 e. The average molecular weight is 429 g/mol. The van der Waals surface area contributed by atoms with E-state index in [0.29, 0.717) is 25.2 Å². The topological polar surface area (TPSA) is 55.8 Å². The standard InChI is InChI=1S/C28H28O4/c1-21(22-9-11-24(12-10-22)23-7-3-2-4-8-23)17-20-31-25-13-15-26(16-14-25)32-28(27(29)30)18-5-6-19-28/h2-4,7-17H,5-6,18-20H2,1H3,(H,29,30)/b21-17+. The van der Waals surface area contributed by atoms with Crippen LogP contribution in [0.2, 0.25) is 0 Å². The molecule has 0 unspecified atom stereocenters. The number of allylic oxidation sites excluding steroid dienone is 1. The molecule has 1 fully saturated rings. The van der Waals surface area contributed by atoms with E-state index in [4.69, 9.17) is 9.47 Å². The van der Waals surface area contributed by atoms with E-state index in [-0.39, 0.29) is 0 Å². The van der Waals surface area contributed by atoms with Crippen LogP contribution in [0.3, 0.4) is 0 Å². The Morgan fingerprint density at radius 1 is 0.875 bits per heavy atom.